The van der Waals surface area contributed by atoms with E-state index in [4.69, 9.17) is 14.6 Å². The maximum absolute atomic E-state index is 12.3. The molecule has 1 aliphatic rings. The molecule has 0 bridgehead atoms. The second kappa shape index (κ2) is 11.2. The Hall–Kier alpha value is -3.88. The molecule has 2 atom stereocenters. The predicted octanol–water partition coefficient (Wildman–Crippen LogP) is 3.65. The van der Waals surface area contributed by atoms with Crippen molar-refractivity contribution in [1.29, 1.82) is 0 Å². The van der Waals surface area contributed by atoms with E-state index in [1.165, 1.54) is 13.2 Å². The minimum atomic E-state index is -1.23. The molecule has 3 aromatic carbocycles. The van der Waals surface area contributed by atoms with Gasteiger partial charge in [-0.1, -0.05) is 60.7 Å². The van der Waals surface area contributed by atoms with Gasteiger partial charge in [0.15, 0.2) is 0 Å². The van der Waals surface area contributed by atoms with Crippen LogP contribution < -0.4 is 10.1 Å². The normalized spacial score (nSPS) is 13.9. The van der Waals surface area contributed by atoms with Crippen LogP contribution in [0.4, 0.5) is 4.79 Å². The molecule has 0 aliphatic heterocycles. The summed E-state index contributed by atoms with van der Waals surface area (Å²) in [6.45, 7) is 0.288. The lowest BCUT2D eigenvalue weighted by Crippen LogP contribution is -2.30. The number of alkyl carbamates (subject to hydrolysis) is 1. The van der Waals surface area contributed by atoms with Crippen molar-refractivity contribution in [3.63, 3.8) is 0 Å². The number of aliphatic carboxylic acids is 1. The van der Waals surface area contributed by atoms with Crippen molar-refractivity contribution in [2.75, 3.05) is 20.3 Å². The van der Waals surface area contributed by atoms with Gasteiger partial charge in [0.05, 0.1) is 19.6 Å². The van der Waals surface area contributed by atoms with Crippen LogP contribution in [0.1, 0.15) is 40.7 Å². The average Bonchev–Trinajstić information content (AvgIpc) is 3.20. The van der Waals surface area contributed by atoms with Crippen molar-refractivity contribution in [1.82, 2.24) is 5.32 Å². The summed E-state index contributed by atoms with van der Waals surface area (Å²) in [4.78, 5) is 23.3. The molecule has 0 saturated carbocycles. The van der Waals surface area contributed by atoms with Crippen LogP contribution >= 0.6 is 0 Å². The molecule has 36 heavy (non-hydrogen) atoms. The Kier molecular flexibility index (Phi) is 7.87. The Morgan fingerprint density at radius 3 is 2.22 bits per heavy atom. The van der Waals surface area contributed by atoms with Gasteiger partial charge in [-0.25, -0.2) is 4.79 Å². The molecule has 2 unspecified atom stereocenters. The predicted molar refractivity (Wildman–Crippen MR) is 133 cm³/mol. The molecule has 3 aromatic rings. The fourth-order valence-corrected chi connectivity index (χ4v) is 4.61. The summed E-state index contributed by atoms with van der Waals surface area (Å²) in [7, 11) is 1.41. The van der Waals surface area contributed by atoms with Gasteiger partial charge in [-0.2, -0.15) is 0 Å². The second-order valence-electron chi connectivity index (χ2n) is 8.69. The highest BCUT2D eigenvalue weighted by atomic mass is 16.5. The molecule has 8 nitrogen and oxygen atoms in total. The number of ether oxygens (including phenoxy) is 2. The number of fused-ring (bicyclic) bond motifs is 3. The van der Waals surface area contributed by atoms with E-state index in [1.807, 2.05) is 36.4 Å². The Labute approximate surface area is 209 Å². The number of carboxylic acids is 1. The molecule has 0 saturated heterocycles. The first-order chi connectivity index (χ1) is 17.4. The lowest BCUT2D eigenvalue weighted by Gasteiger charge is -2.20. The van der Waals surface area contributed by atoms with Crippen LogP contribution in [0.2, 0.25) is 0 Å². The fraction of sp³-hybridized carbons (Fsp3) is 0.286. The summed E-state index contributed by atoms with van der Waals surface area (Å²) >= 11 is 0. The van der Waals surface area contributed by atoms with Gasteiger partial charge < -0.3 is 30.1 Å². The molecule has 0 radical (unpaired) electrons. The minimum Gasteiger partial charge on any atom is -0.496 e. The summed E-state index contributed by atoms with van der Waals surface area (Å²) in [6, 6.07) is 20.7. The number of aliphatic hydroxyl groups is 2. The highest BCUT2D eigenvalue weighted by molar-refractivity contribution is 5.79. The minimum absolute atomic E-state index is 0.0466. The number of carboxylic acid groups (broad SMARTS) is 1. The number of nitrogens with one attached hydrogen (secondary N) is 1. The zero-order chi connectivity index (χ0) is 25.7. The highest BCUT2D eigenvalue weighted by Gasteiger charge is 2.29. The SMILES string of the molecule is COc1cc(C(O)C(O)CCNC(=O)OCC2c3ccccc3-c3ccccc32)ccc1CC(=O)O. The van der Waals surface area contributed by atoms with Gasteiger partial charge in [-0.3, -0.25) is 4.79 Å². The third kappa shape index (κ3) is 5.50. The zero-order valence-corrected chi connectivity index (χ0v) is 19.9. The molecular formula is C28H29NO7. The Bertz CT molecular complexity index is 1200. The van der Waals surface area contributed by atoms with Gasteiger partial charge in [0, 0.05) is 18.0 Å². The van der Waals surface area contributed by atoms with Crippen LogP contribution in [0.15, 0.2) is 66.7 Å². The summed E-state index contributed by atoms with van der Waals surface area (Å²) in [5.41, 5.74) is 5.38. The van der Waals surface area contributed by atoms with E-state index in [0.29, 0.717) is 16.9 Å². The first-order valence-corrected chi connectivity index (χ1v) is 11.7. The van der Waals surface area contributed by atoms with Gasteiger partial charge in [0.2, 0.25) is 0 Å². The Morgan fingerprint density at radius 2 is 1.61 bits per heavy atom. The van der Waals surface area contributed by atoms with E-state index < -0.39 is 24.3 Å². The number of hydrogen-bond acceptors (Lipinski definition) is 6. The van der Waals surface area contributed by atoms with Crippen LogP contribution in [0.3, 0.4) is 0 Å². The fourth-order valence-electron chi connectivity index (χ4n) is 4.61. The van der Waals surface area contributed by atoms with Crippen molar-refractivity contribution >= 4 is 12.1 Å². The molecule has 0 aromatic heterocycles. The van der Waals surface area contributed by atoms with E-state index in [0.717, 1.165) is 22.3 Å². The molecule has 1 aliphatic carbocycles. The van der Waals surface area contributed by atoms with Crippen LogP contribution in [0, 0.1) is 0 Å². The molecule has 8 heteroatoms. The number of carbonyl (C=O) groups is 2. The van der Waals surface area contributed by atoms with Crippen LogP contribution in [0.25, 0.3) is 11.1 Å². The summed E-state index contributed by atoms with van der Waals surface area (Å²) < 4.78 is 10.7. The van der Waals surface area contributed by atoms with E-state index >= 15 is 0 Å². The lowest BCUT2D eigenvalue weighted by atomic mass is 9.98. The van der Waals surface area contributed by atoms with Crippen molar-refractivity contribution in [2.24, 2.45) is 0 Å². The van der Waals surface area contributed by atoms with Gasteiger partial charge >= 0.3 is 12.1 Å². The van der Waals surface area contributed by atoms with Crippen LogP contribution in [-0.2, 0) is 16.0 Å². The Morgan fingerprint density at radius 1 is 0.972 bits per heavy atom. The van der Waals surface area contributed by atoms with Gasteiger partial charge in [-0.15, -0.1) is 0 Å². The average molecular weight is 492 g/mol. The van der Waals surface area contributed by atoms with Gasteiger partial charge in [0.1, 0.15) is 18.5 Å². The monoisotopic (exact) mass is 491 g/mol. The van der Waals surface area contributed by atoms with Crippen LogP contribution in [0.5, 0.6) is 5.75 Å². The lowest BCUT2D eigenvalue weighted by molar-refractivity contribution is -0.136. The molecular weight excluding hydrogens is 462 g/mol. The summed E-state index contributed by atoms with van der Waals surface area (Å²) in [5, 5.41) is 32.5. The van der Waals surface area contributed by atoms with Crippen LogP contribution in [-0.4, -0.2) is 53.7 Å². The van der Waals surface area contributed by atoms with Crippen molar-refractivity contribution in [3.8, 4) is 16.9 Å². The first-order valence-electron chi connectivity index (χ1n) is 11.7. The Balaban J connectivity index is 1.28. The molecule has 4 rings (SSSR count). The largest absolute Gasteiger partial charge is 0.496 e. The van der Waals surface area contributed by atoms with E-state index in [2.05, 4.69) is 17.4 Å². The number of hydrogen-bond donors (Lipinski definition) is 4. The molecule has 4 N–H and O–H groups in total. The summed E-state index contributed by atoms with van der Waals surface area (Å²) in [6.07, 6.45) is -3.12. The molecule has 0 fully saturated rings. The number of aliphatic hydroxyl groups excluding tert-OH is 2. The maximum Gasteiger partial charge on any atom is 0.407 e. The molecule has 188 valence electrons. The molecule has 0 heterocycles. The summed E-state index contributed by atoms with van der Waals surface area (Å²) in [5.74, 6) is -0.728. The second-order valence-corrected chi connectivity index (χ2v) is 8.69. The molecule has 0 spiro atoms. The number of amides is 1. The number of carbonyl (C=O) groups excluding carboxylic acids is 1. The highest BCUT2D eigenvalue weighted by Crippen LogP contribution is 2.44. The number of rotatable bonds is 10. The quantitative estimate of drug-likeness (QED) is 0.341. The first kappa shape index (κ1) is 25.2. The van der Waals surface area contributed by atoms with E-state index in [9.17, 15) is 19.8 Å². The third-order valence-corrected chi connectivity index (χ3v) is 6.41. The maximum atomic E-state index is 12.3. The number of methoxy groups -OCH3 is 1. The topological polar surface area (TPSA) is 125 Å². The third-order valence-electron chi connectivity index (χ3n) is 6.41. The van der Waals surface area contributed by atoms with E-state index in [1.54, 1.807) is 12.1 Å². The van der Waals surface area contributed by atoms with Crippen molar-refractivity contribution < 1.29 is 34.4 Å². The van der Waals surface area contributed by atoms with E-state index in [-0.39, 0.29) is 31.9 Å². The molecule has 1 amide bonds. The standard InChI is InChI=1S/C28H29NO7/c1-35-25-14-18(11-10-17(25)15-26(31)32)27(33)24(30)12-13-29-28(34)36-16-23-21-8-4-2-6-19(21)20-7-3-5-9-22(20)23/h2-11,14,23-24,27,30,33H,12-13,15-16H2,1H3,(H,29,34)(H,31,32). The van der Waals surface area contributed by atoms with Crippen molar-refractivity contribution in [2.45, 2.75) is 31.0 Å². The smallest absolute Gasteiger partial charge is 0.407 e. The number of benzene rings is 3. The van der Waals surface area contributed by atoms with Gasteiger partial charge in [-0.05, 0) is 40.3 Å². The van der Waals surface area contributed by atoms with Crippen molar-refractivity contribution in [3.05, 3.63) is 89.0 Å². The zero-order valence-electron chi connectivity index (χ0n) is 19.9. The van der Waals surface area contributed by atoms with Gasteiger partial charge in [0.25, 0.3) is 0 Å².